The van der Waals surface area contributed by atoms with Crippen LogP contribution in [0.15, 0.2) is 24.0 Å². The van der Waals surface area contributed by atoms with Gasteiger partial charge in [0.2, 0.25) is 0 Å². The molecule has 0 saturated carbocycles. The number of phenolic OH excluding ortho intramolecular Hbond substituents is 1. The molecule has 5 atom stereocenters. The van der Waals surface area contributed by atoms with Crippen LogP contribution < -0.4 is 4.74 Å². The highest BCUT2D eigenvalue weighted by atomic mass is 16.6. The molecule has 1 spiro atoms. The molecule has 0 unspecified atom stereocenters. The van der Waals surface area contributed by atoms with Crippen molar-refractivity contribution in [1.29, 1.82) is 0 Å². The van der Waals surface area contributed by atoms with E-state index in [1.807, 2.05) is 13.1 Å². The van der Waals surface area contributed by atoms with Gasteiger partial charge < -0.3 is 34.5 Å². The second-order valence-electron chi connectivity index (χ2n) is 9.22. The minimum Gasteiger partial charge on any atom is -0.504 e. The summed E-state index contributed by atoms with van der Waals surface area (Å²) < 4.78 is 11.8. The Labute approximate surface area is 184 Å². The van der Waals surface area contributed by atoms with Crippen molar-refractivity contribution in [3.05, 3.63) is 35.1 Å². The molecule has 3 N–H and O–H groups in total. The van der Waals surface area contributed by atoms with Crippen LogP contribution in [-0.4, -0.2) is 69.8 Å². The highest BCUT2D eigenvalue weighted by Crippen LogP contribution is 2.65. The van der Waals surface area contributed by atoms with Crippen LogP contribution in [0.4, 0.5) is 0 Å². The average Bonchev–Trinajstić information content (AvgIpc) is 3.10. The fraction of sp³-hybridized carbons (Fsp3) is 0.522. The van der Waals surface area contributed by atoms with E-state index in [1.54, 1.807) is 12.1 Å². The zero-order chi connectivity index (χ0) is 22.8. The Morgan fingerprint density at radius 1 is 1.41 bits per heavy atom. The quantitative estimate of drug-likeness (QED) is 0.433. The van der Waals surface area contributed by atoms with E-state index in [4.69, 9.17) is 14.6 Å². The Bertz CT molecular complexity index is 1050. The van der Waals surface area contributed by atoms with E-state index < -0.39 is 41.4 Å². The summed E-state index contributed by atoms with van der Waals surface area (Å²) in [5, 5.41) is 31.6. The van der Waals surface area contributed by atoms with E-state index in [9.17, 15) is 24.6 Å². The highest BCUT2D eigenvalue weighted by molar-refractivity contribution is 5.82. The van der Waals surface area contributed by atoms with Gasteiger partial charge in [-0.05, 0) is 44.1 Å². The molecule has 0 amide bonds. The fourth-order valence-electron chi connectivity index (χ4n) is 6.23. The van der Waals surface area contributed by atoms with Gasteiger partial charge in [0, 0.05) is 24.4 Å². The van der Waals surface area contributed by atoms with Gasteiger partial charge in [-0.1, -0.05) is 6.07 Å². The lowest BCUT2D eigenvalue weighted by Gasteiger charge is -2.61. The molecule has 5 rings (SSSR count). The van der Waals surface area contributed by atoms with Crippen molar-refractivity contribution in [3.8, 4) is 11.5 Å². The van der Waals surface area contributed by atoms with Crippen LogP contribution in [0.1, 0.15) is 36.8 Å². The highest BCUT2D eigenvalue weighted by Gasteiger charge is 2.72. The normalized spacial score (nSPS) is 32.9. The van der Waals surface area contributed by atoms with Gasteiger partial charge in [-0.2, -0.15) is 0 Å². The number of carboxylic acids is 1. The lowest BCUT2D eigenvalue weighted by molar-refractivity contribution is -0.171. The summed E-state index contributed by atoms with van der Waals surface area (Å²) in [5.74, 6) is -2.70. The maximum Gasteiger partial charge on any atom is 0.315 e. The summed E-state index contributed by atoms with van der Waals surface area (Å²) in [6.07, 6.45) is 1.85. The number of nitrogens with zero attached hydrogens (tertiary/aromatic N) is 1. The minimum absolute atomic E-state index is 0.0392. The van der Waals surface area contributed by atoms with Gasteiger partial charge in [-0.25, -0.2) is 0 Å². The topological polar surface area (TPSA) is 134 Å². The van der Waals surface area contributed by atoms with Gasteiger partial charge in [-0.3, -0.25) is 9.59 Å². The van der Waals surface area contributed by atoms with Crippen LogP contribution in [0.5, 0.6) is 11.5 Å². The predicted molar refractivity (Wildman–Crippen MR) is 109 cm³/mol. The number of hydrogen-bond donors (Lipinski definition) is 3. The van der Waals surface area contributed by atoms with E-state index in [-0.39, 0.29) is 30.4 Å². The number of rotatable bonds is 6. The second kappa shape index (κ2) is 7.05. The van der Waals surface area contributed by atoms with Crippen molar-refractivity contribution >= 4 is 18.2 Å². The number of aliphatic carboxylic acids is 1. The van der Waals surface area contributed by atoms with Crippen LogP contribution in [-0.2, 0) is 31.0 Å². The average molecular weight is 443 g/mol. The third kappa shape index (κ3) is 2.61. The molecular weight excluding hydrogens is 418 g/mol. The standard InChI is InChI=1S/C23H25NO8/c1-24-8-7-22-18-12-2-3-14(26)19(18)32-20(22)15(4-6-23(22,30)16(24)10-12)31-21(29)13(5-9-25)11-17(27)28/h2-4,9,13,16,20,26,30H,5-8,10-11H2,1H3,(H,27,28)/t13-,16+,20-,22-,23+/m0/s1. The number of hydrogen-bond acceptors (Lipinski definition) is 8. The molecule has 2 aliphatic carbocycles. The van der Waals surface area contributed by atoms with Crippen LogP contribution >= 0.6 is 0 Å². The van der Waals surface area contributed by atoms with Crippen molar-refractivity contribution in [2.75, 3.05) is 13.6 Å². The largest absolute Gasteiger partial charge is 0.504 e. The fourth-order valence-corrected chi connectivity index (χ4v) is 6.23. The molecular formula is C23H25NO8. The van der Waals surface area contributed by atoms with Gasteiger partial charge in [0.25, 0.3) is 0 Å². The van der Waals surface area contributed by atoms with E-state index >= 15 is 0 Å². The molecule has 1 aromatic carbocycles. The molecule has 2 bridgehead atoms. The number of esters is 1. The van der Waals surface area contributed by atoms with Crippen molar-refractivity contribution in [1.82, 2.24) is 4.90 Å². The van der Waals surface area contributed by atoms with Gasteiger partial charge in [-0.15, -0.1) is 0 Å². The Kier molecular flexibility index (Phi) is 4.62. The minimum atomic E-state index is -1.20. The third-order valence-electron chi connectivity index (χ3n) is 7.71. The Balaban J connectivity index is 1.57. The summed E-state index contributed by atoms with van der Waals surface area (Å²) in [6, 6.07) is 3.25. The molecule has 4 aliphatic rings. The molecule has 32 heavy (non-hydrogen) atoms. The number of aldehydes is 1. The lowest BCUT2D eigenvalue weighted by atomic mass is 9.50. The monoisotopic (exact) mass is 443 g/mol. The Morgan fingerprint density at radius 2 is 2.19 bits per heavy atom. The van der Waals surface area contributed by atoms with E-state index in [1.165, 1.54) is 0 Å². The number of aromatic hydroxyl groups is 1. The van der Waals surface area contributed by atoms with Gasteiger partial charge in [0.1, 0.15) is 12.0 Å². The zero-order valence-corrected chi connectivity index (χ0v) is 17.6. The van der Waals surface area contributed by atoms with Gasteiger partial charge in [0.05, 0.1) is 23.4 Å². The summed E-state index contributed by atoms with van der Waals surface area (Å²) in [5.41, 5.74) is -0.330. The van der Waals surface area contributed by atoms with E-state index in [0.717, 1.165) is 11.1 Å². The molecule has 1 fully saturated rings. The molecule has 2 aliphatic heterocycles. The smallest absolute Gasteiger partial charge is 0.315 e. The van der Waals surface area contributed by atoms with Crippen molar-refractivity contribution in [2.45, 2.75) is 55.3 Å². The number of ether oxygens (including phenoxy) is 2. The van der Waals surface area contributed by atoms with Crippen LogP contribution in [0.25, 0.3) is 0 Å². The second-order valence-corrected chi connectivity index (χ2v) is 9.22. The van der Waals surface area contributed by atoms with Crippen molar-refractivity contribution < 1.29 is 39.2 Å². The number of likely N-dealkylation sites (tertiary alicyclic amines) is 1. The summed E-state index contributed by atoms with van der Waals surface area (Å²) in [6.45, 7) is 0.690. The first kappa shape index (κ1) is 21.0. The molecule has 9 heteroatoms. The first-order valence-electron chi connectivity index (χ1n) is 10.7. The molecule has 0 aromatic heterocycles. The molecule has 2 heterocycles. The number of piperidine rings is 1. The van der Waals surface area contributed by atoms with Gasteiger partial charge in [0.15, 0.2) is 17.6 Å². The van der Waals surface area contributed by atoms with E-state index in [0.29, 0.717) is 31.4 Å². The zero-order valence-electron chi connectivity index (χ0n) is 17.6. The lowest BCUT2D eigenvalue weighted by Crippen LogP contribution is -2.74. The molecule has 170 valence electrons. The first-order chi connectivity index (χ1) is 15.2. The molecule has 1 aromatic rings. The number of phenols is 1. The summed E-state index contributed by atoms with van der Waals surface area (Å²) in [7, 11) is 1.97. The van der Waals surface area contributed by atoms with E-state index in [2.05, 4.69) is 4.90 Å². The van der Waals surface area contributed by atoms with Gasteiger partial charge >= 0.3 is 11.9 Å². The number of benzene rings is 1. The van der Waals surface area contributed by atoms with Crippen molar-refractivity contribution in [3.63, 3.8) is 0 Å². The number of aliphatic hydroxyl groups is 1. The van der Waals surface area contributed by atoms with Crippen molar-refractivity contribution in [2.24, 2.45) is 5.92 Å². The van der Waals surface area contributed by atoms with Crippen LogP contribution in [0.2, 0.25) is 0 Å². The number of carboxylic acid groups (broad SMARTS) is 1. The summed E-state index contributed by atoms with van der Waals surface area (Å²) in [4.78, 5) is 37.0. The van der Waals surface area contributed by atoms with Crippen LogP contribution in [0, 0.1) is 5.92 Å². The number of carbonyl (C=O) groups is 3. The predicted octanol–water partition coefficient (Wildman–Crippen LogP) is 0.893. The molecule has 0 radical (unpaired) electrons. The first-order valence-corrected chi connectivity index (χ1v) is 10.7. The van der Waals surface area contributed by atoms with Crippen LogP contribution in [0.3, 0.4) is 0 Å². The SMILES string of the molecule is CN1CC[C@]23c4c5ccc(O)c4O[C@H]2C(OC(=O)[C@@H](CC=O)CC(=O)O)=CC[C@@]3(O)[C@H]1C5. The Hall–Kier alpha value is -2.91. The maximum atomic E-state index is 12.8. The summed E-state index contributed by atoms with van der Waals surface area (Å²) >= 11 is 0. The number of likely N-dealkylation sites (N-methyl/N-ethyl adjacent to an activating group) is 1. The third-order valence-corrected chi connectivity index (χ3v) is 7.71. The Morgan fingerprint density at radius 3 is 2.91 bits per heavy atom. The molecule has 9 nitrogen and oxygen atoms in total. The maximum absolute atomic E-state index is 12.8. The molecule has 1 saturated heterocycles. The number of carbonyl (C=O) groups excluding carboxylic acids is 2.